The largest absolute Gasteiger partial charge is 0.463 e. The number of nitrogens with one attached hydrogen (secondary N) is 1. The third-order valence-electron chi connectivity index (χ3n) is 5.34. The van der Waals surface area contributed by atoms with Gasteiger partial charge >= 0.3 is 23.9 Å². The van der Waals surface area contributed by atoms with Crippen LogP contribution in [0.1, 0.15) is 34.6 Å². The zero-order valence-electron chi connectivity index (χ0n) is 21.1. The Morgan fingerprint density at radius 2 is 1.25 bits per heavy atom. The molecule has 0 unspecified atom stereocenters. The number of alkyl halides is 3. The van der Waals surface area contributed by atoms with Gasteiger partial charge in [-0.3, -0.25) is 15.0 Å². The number of esters is 4. The molecule has 2 aromatic carbocycles. The van der Waals surface area contributed by atoms with E-state index >= 15 is 0 Å². The smallest absolute Gasteiger partial charge is 0.338 e. The lowest BCUT2D eigenvalue weighted by atomic mass is 9.97. The molecule has 3 rings (SSSR count). The summed E-state index contributed by atoms with van der Waals surface area (Å²) in [5, 5.41) is 7.99. The van der Waals surface area contributed by atoms with Crippen molar-refractivity contribution in [2.75, 3.05) is 6.61 Å². The van der Waals surface area contributed by atoms with Crippen LogP contribution >= 0.6 is 34.8 Å². The Balaban J connectivity index is 2.07. The molecule has 1 fully saturated rings. The van der Waals surface area contributed by atoms with Crippen LogP contribution in [0.25, 0.3) is 0 Å². The minimum Gasteiger partial charge on any atom is -0.463 e. The predicted octanol–water partition coefficient (Wildman–Crippen LogP) is 4.02. The fraction of sp³-hybridized carbons (Fsp3) is 0.346. The number of hydrogen-bond donors (Lipinski definition) is 1. The van der Waals surface area contributed by atoms with Gasteiger partial charge in [-0.2, -0.15) is 0 Å². The van der Waals surface area contributed by atoms with E-state index in [1.54, 1.807) is 36.4 Å². The molecule has 0 aliphatic carbocycles. The normalized spacial score (nSPS) is 22.4. The third kappa shape index (κ3) is 8.56. The van der Waals surface area contributed by atoms with Crippen LogP contribution < -0.4 is 0 Å². The summed E-state index contributed by atoms with van der Waals surface area (Å²) in [4.78, 5) is 49.9. The van der Waals surface area contributed by atoms with Gasteiger partial charge in [0.05, 0.1) is 11.1 Å². The summed E-state index contributed by atoms with van der Waals surface area (Å²) in [6.45, 7) is 1.67. The summed E-state index contributed by atoms with van der Waals surface area (Å²) < 4.78 is 30.7. The van der Waals surface area contributed by atoms with Gasteiger partial charge in [-0.15, -0.1) is 0 Å². The average molecular weight is 617 g/mol. The van der Waals surface area contributed by atoms with Crippen molar-refractivity contribution >= 4 is 64.6 Å². The van der Waals surface area contributed by atoms with Crippen molar-refractivity contribution in [3.05, 3.63) is 71.8 Å². The molecule has 214 valence electrons. The number of ether oxygens (including phenoxy) is 6. The van der Waals surface area contributed by atoms with Crippen molar-refractivity contribution in [2.24, 2.45) is 0 Å². The first-order valence-corrected chi connectivity index (χ1v) is 12.8. The predicted molar refractivity (Wildman–Crippen MR) is 141 cm³/mol. The van der Waals surface area contributed by atoms with E-state index in [1.165, 1.54) is 24.3 Å². The molecular formula is C26H24Cl3NO10. The summed E-state index contributed by atoms with van der Waals surface area (Å²) in [6.07, 6.45) is -7.84. The van der Waals surface area contributed by atoms with Gasteiger partial charge in [-0.05, 0) is 24.3 Å². The second kappa shape index (κ2) is 13.8. The van der Waals surface area contributed by atoms with Crippen LogP contribution in [0.15, 0.2) is 60.7 Å². The fourth-order valence-electron chi connectivity index (χ4n) is 3.62. The van der Waals surface area contributed by atoms with Crippen LogP contribution in [0.5, 0.6) is 0 Å². The molecule has 0 aromatic heterocycles. The van der Waals surface area contributed by atoms with Crippen LogP contribution in [-0.2, 0) is 38.0 Å². The first-order valence-electron chi connectivity index (χ1n) is 11.7. The summed E-state index contributed by atoms with van der Waals surface area (Å²) in [6, 6.07) is 15.7. The fourth-order valence-corrected chi connectivity index (χ4v) is 3.75. The molecule has 0 saturated carbocycles. The summed E-state index contributed by atoms with van der Waals surface area (Å²) in [5.41, 5.74) is 0.258. The first kappa shape index (κ1) is 31.2. The molecule has 11 nitrogen and oxygen atoms in total. The highest BCUT2D eigenvalue weighted by Gasteiger charge is 2.54. The Morgan fingerprint density at radius 3 is 1.70 bits per heavy atom. The molecule has 14 heteroatoms. The molecule has 40 heavy (non-hydrogen) atoms. The lowest BCUT2D eigenvalue weighted by Crippen LogP contribution is -2.63. The molecule has 1 saturated heterocycles. The number of carbonyl (C=O) groups is 4. The van der Waals surface area contributed by atoms with Gasteiger partial charge in [-0.1, -0.05) is 71.2 Å². The van der Waals surface area contributed by atoms with Crippen molar-refractivity contribution < 1.29 is 47.6 Å². The van der Waals surface area contributed by atoms with Crippen LogP contribution in [0, 0.1) is 5.41 Å². The minimum absolute atomic E-state index is 0.117. The van der Waals surface area contributed by atoms with Gasteiger partial charge in [0.2, 0.25) is 18.3 Å². The Kier molecular flexibility index (Phi) is 10.7. The maximum absolute atomic E-state index is 13.1. The lowest BCUT2D eigenvalue weighted by Gasteiger charge is -2.44. The maximum Gasteiger partial charge on any atom is 0.338 e. The molecule has 1 N–H and O–H groups in total. The van der Waals surface area contributed by atoms with E-state index in [0.29, 0.717) is 0 Å². The molecule has 1 aliphatic heterocycles. The van der Waals surface area contributed by atoms with E-state index in [4.69, 9.17) is 68.6 Å². The van der Waals surface area contributed by atoms with Gasteiger partial charge in [0, 0.05) is 13.8 Å². The first-order chi connectivity index (χ1) is 18.9. The molecule has 0 spiro atoms. The SMILES string of the molecule is CC(=O)OC[C@H]1O[C@H](OC(=N)C(Cl)(Cl)Cl)[C@H](OC(C)=O)[C@@H](OC(=O)c2ccccc2)[C@H]1OC(=O)c1ccccc1. The molecule has 0 amide bonds. The van der Waals surface area contributed by atoms with E-state index in [2.05, 4.69) is 0 Å². The quantitative estimate of drug-likeness (QED) is 0.152. The second-order valence-corrected chi connectivity index (χ2v) is 10.6. The molecule has 1 heterocycles. The molecule has 2 aromatic rings. The Morgan fingerprint density at radius 1 is 0.750 bits per heavy atom. The molecule has 0 bridgehead atoms. The summed E-state index contributed by atoms with van der Waals surface area (Å²) in [7, 11) is 0. The number of hydrogen-bond acceptors (Lipinski definition) is 11. The number of benzene rings is 2. The van der Waals surface area contributed by atoms with E-state index in [1.807, 2.05) is 0 Å². The second-order valence-electron chi connectivity index (χ2n) is 8.34. The maximum atomic E-state index is 13.1. The van der Waals surface area contributed by atoms with Gasteiger partial charge in [0.25, 0.3) is 3.79 Å². The summed E-state index contributed by atoms with van der Waals surface area (Å²) >= 11 is 17.3. The Labute approximate surface area is 244 Å². The van der Waals surface area contributed by atoms with Crippen LogP contribution in [0.4, 0.5) is 0 Å². The van der Waals surface area contributed by atoms with E-state index in [0.717, 1.165) is 13.8 Å². The van der Waals surface area contributed by atoms with E-state index in [9.17, 15) is 19.2 Å². The topological polar surface area (TPSA) is 148 Å². The molecular weight excluding hydrogens is 593 g/mol. The monoisotopic (exact) mass is 615 g/mol. The highest BCUT2D eigenvalue weighted by molar-refractivity contribution is 6.76. The van der Waals surface area contributed by atoms with E-state index < -0.39 is 70.9 Å². The standard InChI is InChI=1S/C26H24Cl3NO10/c1-14(31)35-13-18-19(38-22(33)16-9-5-3-6-10-16)20(39-23(34)17-11-7-4-8-12-17)21(36-15(2)32)24(37-18)40-25(30)26(27,28)29/h3-12,18-21,24,30H,13H2,1-2H3/t18-,19+,20+,21-,24-/m1/s1. The minimum atomic E-state index is -2.34. The van der Waals surface area contributed by atoms with Gasteiger partial charge < -0.3 is 28.4 Å². The van der Waals surface area contributed by atoms with E-state index in [-0.39, 0.29) is 11.1 Å². The highest BCUT2D eigenvalue weighted by Crippen LogP contribution is 2.34. The number of carbonyl (C=O) groups excluding carboxylic acids is 4. The third-order valence-corrected chi connectivity index (χ3v) is 5.86. The van der Waals surface area contributed by atoms with Crippen LogP contribution in [0.3, 0.4) is 0 Å². The highest BCUT2D eigenvalue weighted by atomic mass is 35.6. The number of halogens is 3. The molecule has 5 atom stereocenters. The Bertz CT molecular complexity index is 1220. The summed E-state index contributed by atoms with van der Waals surface area (Å²) in [5.74, 6) is -4.22. The van der Waals surface area contributed by atoms with Crippen molar-refractivity contribution in [1.82, 2.24) is 0 Å². The zero-order valence-corrected chi connectivity index (χ0v) is 23.4. The van der Waals surface area contributed by atoms with Crippen molar-refractivity contribution in [3.8, 4) is 0 Å². The van der Waals surface area contributed by atoms with Crippen LogP contribution in [0.2, 0.25) is 0 Å². The average Bonchev–Trinajstić information content (AvgIpc) is 2.90. The van der Waals surface area contributed by atoms with Crippen LogP contribution in [-0.4, -0.2) is 70.9 Å². The lowest BCUT2D eigenvalue weighted by molar-refractivity contribution is -0.285. The number of rotatable bonds is 8. The van der Waals surface area contributed by atoms with Gasteiger partial charge in [0.1, 0.15) is 12.7 Å². The molecule has 0 radical (unpaired) electrons. The van der Waals surface area contributed by atoms with Gasteiger partial charge in [-0.25, -0.2) is 9.59 Å². The van der Waals surface area contributed by atoms with Crippen molar-refractivity contribution in [1.29, 1.82) is 5.41 Å². The zero-order chi connectivity index (χ0) is 29.4. The molecule has 1 aliphatic rings. The Hall–Kier alpha value is -3.38. The van der Waals surface area contributed by atoms with Gasteiger partial charge in [0.15, 0.2) is 12.2 Å². The van der Waals surface area contributed by atoms with Crippen molar-refractivity contribution in [2.45, 2.75) is 48.3 Å². The van der Waals surface area contributed by atoms with Crippen molar-refractivity contribution in [3.63, 3.8) is 0 Å².